The molecule has 0 saturated carbocycles. The maximum Gasteiger partial charge on any atom is 0.257 e. The van der Waals surface area contributed by atoms with Crippen LogP contribution in [0.2, 0.25) is 5.02 Å². The van der Waals surface area contributed by atoms with Crippen LogP contribution in [0.15, 0.2) is 30.5 Å². The Morgan fingerprint density at radius 2 is 2.25 bits per heavy atom. The maximum atomic E-state index is 12.5. The second-order valence-corrected chi connectivity index (χ2v) is 5.24. The summed E-state index contributed by atoms with van der Waals surface area (Å²) in [5.41, 5.74) is 1.84. The molecule has 1 aliphatic heterocycles. The summed E-state index contributed by atoms with van der Waals surface area (Å²) in [7, 11) is 0. The molecule has 104 valence electrons. The highest BCUT2D eigenvalue weighted by Gasteiger charge is 2.28. The standard InChI is InChI=1S/C14H14ClN3O2/c15-12-4-2-1-3-10(12)13-11(7-16-17-13)14(20)18-6-5-9(19)8-18/h1-4,7,9,19H,5-6,8H2,(H,16,17)/t9-/m1/s1. The molecule has 3 rings (SSSR count). The lowest BCUT2D eigenvalue weighted by Gasteiger charge is -2.15. The molecule has 1 aromatic carbocycles. The summed E-state index contributed by atoms with van der Waals surface area (Å²) >= 11 is 6.16. The Hall–Kier alpha value is -1.85. The van der Waals surface area contributed by atoms with Crippen molar-refractivity contribution in [3.63, 3.8) is 0 Å². The smallest absolute Gasteiger partial charge is 0.257 e. The van der Waals surface area contributed by atoms with Gasteiger partial charge in [-0.25, -0.2) is 0 Å². The van der Waals surface area contributed by atoms with Gasteiger partial charge in [0.1, 0.15) is 0 Å². The number of aliphatic hydroxyl groups is 1. The number of nitrogens with one attached hydrogen (secondary N) is 1. The van der Waals surface area contributed by atoms with Crippen molar-refractivity contribution in [2.45, 2.75) is 12.5 Å². The summed E-state index contributed by atoms with van der Waals surface area (Å²) in [5, 5.41) is 16.9. The number of H-pyrrole nitrogens is 1. The highest BCUT2D eigenvalue weighted by molar-refractivity contribution is 6.33. The Bertz CT molecular complexity index is 641. The van der Waals surface area contributed by atoms with E-state index in [1.807, 2.05) is 18.2 Å². The van der Waals surface area contributed by atoms with Crippen molar-refractivity contribution < 1.29 is 9.90 Å². The summed E-state index contributed by atoms with van der Waals surface area (Å²) in [6.45, 7) is 0.930. The highest BCUT2D eigenvalue weighted by atomic mass is 35.5. The van der Waals surface area contributed by atoms with Gasteiger partial charge in [-0.2, -0.15) is 5.10 Å². The second-order valence-electron chi connectivity index (χ2n) is 4.83. The van der Waals surface area contributed by atoms with Gasteiger partial charge >= 0.3 is 0 Å². The first kappa shape index (κ1) is 13.1. The van der Waals surface area contributed by atoms with E-state index in [0.717, 1.165) is 5.56 Å². The summed E-state index contributed by atoms with van der Waals surface area (Å²) in [5.74, 6) is -0.134. The van der Waals surface area contributed by atoms with Crippen molar-refractivity contribution in [2.75, 3.05) is 13.1 Å². The quantitative estimate of drug-likeness (QED) is 0.888. The molecule has 20 heavy (non-hydrogen) atoms. The lowest BCUT2D eigenvalue weighted by atomic mass is 10.1. The zero-order valence-electron chi connectivity index (χ0n) is 10.7. The van der Waals surface area contributed by atoms with Gasteiger partial charge in [0, 0.05) is 23.7 Å². The van der Waals surface area contributed by atoms with Gasteiger partial charge in [-0.05, 0) is 12.5 Å². The summed E-state index contributed by atoms with van der Waals surface area (Å²) in [4.78, 5) is 14.1. The van der Waals surface area contributed by atoms with E-state index in [1.165, 1.54) is 6.20 Å². The number of amides is 1. The van der Waals surface area contributed by atoms with E-state index in [-0.39, 0.29) is 5.91 Å². The Morgan fingerprint density at radius 1 is 1.45 bits per heavy atom. The van der Waals surface area contributed by atoms with Crippen molar-refractivity contribution in [3.8, 4) is 11.3 Å². The second kappa shape index (κ2) is 5.26. The summed E-state index contributed by atoms with van der Waals surface area (Å²) < 4.78 is 0. The molecule has 5 nitrogen and oxygen atoms in total. The van der Waals surface area contributed by atoms with Crippen LogP contribution in [0, 0.1) is 0 Å². The normalized spacial score (nSPS) is 18.5. The van der Waals surface area contributed by atoms with Crippen molar-refractivity contribution >= 4 is 17.5 Å². The molecule has 6 heteroatoms. The van der Waals surface area contributed by atoms with Crippen LogP contribution in [-0.4, -0.2) is 45.3 Å². The van der Waals surface area contributed by atoms with Crippen LogP contribution < -0.4 is 0 Å². The van der Waals surface area contributed by atoms with Crippen molar-refractivity contribution in [3.05, 3.63) is 41.0 Å². The van der Waals surface area contributed by atoms with E-state index < -0.39 is 6.10 Å². The molecule has 2 N–H and O–H groups in total. The number of hydrogen-bond donors (Lipinski definition) is 2. The number of benzene rings is 1. The third kappa shape index (κ3) is 2.30. The van der Waals surface area contributed by atoms with Crippen LogP contribution in [-0.2, 0) is 0 Å². The largest absolute Gasteiger partial charge is 0.391 e. The fraction of sp³-hybridized carbons (Fsp3) is 0.286. The lowest BCUT2D eigenvalue weighted by molar-refractivity contribution is 0.0766. The number of β-amino-alcohol motifs (C(OH)–C–C–N with tert-alkyl or cyclic N) is 1. The minimum Gasteiger partial charge on any atom is -0.391 e. The molecule has 2 heterocycles. The van der Waals surface area contributed by atoms with E-state index >= 15 is 0 Å². The number of carbonyl (C=O) groups is 1. The van der Waals surface area contributed by atoms with Gasteiger partial charge in [-0.1, -0.05) is 29.8 Å². The number of aromatic amines is 1. The van der Waals surface area contributed by atoms with E-state index in [4.69, 9.17) is 11.6 Å². The van der Waals surface area contributed by atoms with Gasteiger partial charge in [0.25, 0.3) is 5.91 Å². The van der Waals surface area contributed by atoms with E-state index in [1.54, 1.807) is 11.0 Å². The van der Waals surface area contributed by atoms with Crippen LogP contribution in [0.5, 0.6) is 0 Å². The van der Waals surface area contributed by atoms with Crippen LogP contribution in [0.3, 0.4) is 0 Å². The molecule has 1 saturated heterocycles. The molecule has 1 atom stereocenters. The SMILES string of the molecule is O=C(c1cn[nH]c1-c1ccccc1Cl)N1CC[C@@H](O)C1. The molecule has 1 fully saturated rings. The molecule has 1 aromatic heterocycles. The third-order valence-electron chi connectivity index (χ3n) is 3.46. The number of rotatable bonds is 2. The lowest BCUT2D eigenvalue weighted by Crippen LogP contribution is -2.29. The molecule has 0 bridgehead atoms. The fourth-order valence-electron chi connectivity index (χ4n) is 2.41. The Kier molecular flexibility index (Phi) is 3.46. The minimum absolute atomic E-state index is 0.134. The molecular formula is C14H14ClN3O2. The highest BCUT2D eigenvalue weighted by Crippen LogP contribution is 2.29. The predicted octanol–water partition coefficient (Wildman–Crippen LogP) is 1.94. The summed E-state index contributed by atoms with van der Waals surface area (Å²) in [6, 6.07) is 7.30. The van der Waals surface area contributed by atoms with Gasteiger partial charge < -0.3 is 10.0 Å². The molecule has 0 radical (unpaired) electrons. The predicted molar refractivity (Wildman–Crippen MR) is 75.6 cm³/mol. The number of likely N-dealkylation sites (tertiary alicyclic amines) is 1. The van der Waals surface area contributed by atoms with E-state index in [0.29, 0.717) is 35.8 Å². The van der Waals surface area contributed by atoms with Crippen molar-refractivity contribution in [1.29, 1.82) is 0 Å². The topological polar surface area (TPSA) is 69.2 Å². The average Bonchev–Trinajstić information content (AvgIpc) is 3.07. The first-order valence-electron chi connectivity index (χ1n) is 6.42. The molecule has 0 unspecified atom stereocenters. The fourth-order valence-corrected chi connectivity index (χ4v) is 2.64. The zero-order chi connectivity index (χ0) is 14.1. The molecule has 1 amide bonds. The zero-order valence-corrected chi connectivity index (χ0v) is 11.5. The number of aliphatic hydroxyl groups excluding tert-OH is 1. The van der Waals surface area contributed by atoms with Crippen molar-refractivity contribution in [1.82, 2.24) is 15.1 Å². The third-order valence-corrected chi connectivity index (χ3v) is 3.79. The molecule has 2 aromatic rings. The van der Waals surface area contributed by atoms with Gasteiger partial charge in [-0.3, -0.25) is 9.89 Å². The molecule has 0 spiro atoms. The Balaban J connectivity index is 1.95. The number of carbonyl (C=O) groups excluding carboxylic acids is 1. The summed E-state index contributed by atoms with van der Waals surface area (Å²) in [6.07, 6.45) is 1.69. The van der Waals surface area contributed by atoms with Gasteiger partial charge in [-0.15, -0.1) is 0 Å². The number of nitrogens with zero attached hydrogens (tertiary/aromatic N) is 2. The van der Waals surface area contributed by atoms with Crippen LogP contribution in [0.4, 0.5) is 0 Å². The monoisotopic (exact) mass is 291 g/mol. The van der Waals surface area contributed by atoms with Gasteiger partial charge in [0.15, 0.2) is 0 Å². The first-order valence-corrected chi connectivity index (χ1v) is 6.80. The number of halogens is 1. The van der Waals surface area contributed by atoms with Crippen molar-refractivity contribution in [2.24, 2.45) is 0 Å². The minimum atomic E-state index is -0.436. The van der Waals surface area contributed by atoms with Gasteiger partial charge in [0.05, 0.1) is 23.6 Å². The van der Waals surface area contributed by atoms with Crippen LogP contribution in [0.1, 0.15) is 16.8 Å². The Morgan fingerprint density at radius 3 is 2.95 bits per heavy atom. The van der Waals surface area contributed by atoms with Gasteiger partial charge in [0.2, 0.25) is 0 Å². The Labute approximate surface area is 121 Å². The van der Waals surface area contributed by atoms with E-state index in [9.17, 15) is 9.90 Å². The molecule has 1 aliphatic rings. The maximum absolute atomic E-state index is 12.5. The first-order chi connectivity index (χ1) is 9.66. The number of hydrogen-bond acceptors (Lipinski definition) is 3. The van der Waals surface area contributed by atoms with Crippen LogP contribution in [0.25, 0.3) is 11.3 Å². The molecule has 0 aliphatic carbocycles. The van der Waals surface area contributed by atoms with Crippen LogP contribution >= 0.6 is 11.6 Å². The number of aromatic nitrogens is 2. The van der Waals surface area contributed by atoms with E-state index in [2.05, 4.69) is 10.2 Å². The molecular weight excluding hydrogens is 278 g/mol. The average molecular weight is 292 g/mol.